The molecular formula is C15H14ClF3N2. The van der Waals surface area contributed by atoms with Crippen LogP contribution in [-0.4, -0.2) is 11.5 Å². The van der Waals surface area contributed by atoms with Crippen LogP contribution in [0.15, 0.2) is 36.5 Å². The fourth-order valence-corrected chi connectivity index (χ4v) is 2.48. The van der Waals surface area contributed by atoms with E-state index in [0.717, 1.165) is 48.5 Å². The minimum atomic E-state index is -4.30. The lowest BCUT2D eigenvalue weighted by atomic mass is 9.95. The second kappa shape index (κ2) is 6.03. The Hall–Kier alpha value is -1.59. The third-order valence-electron chi connectivity index (χ3n) is 3.51. The smallest absolute Gasteiger partial charge is 0.312 e. The van der Waals surface area contributed by atoms with Gasteiger partial charge in [-0.05, 0) is 42.3 Å². The van der Waals surface area contributed by atoms with Crippen LogP contribution in [0.5, 0.6) is 0 Å². The molecule has 1 aliphatic heterocycles. The van der Waals surface area contributed by atoms with Crippen molar-refractivity contribution in [3.8, 4) is 11.3 Å². The van der Waals surface area contributed by atoms with E-state index in [-0.39, 0.29) is 12.4 Å². The van der Waals surface area contributed by atoms with Gasteiger partial charge in [0.05, 0.1) is 11.3 Å². The summed E-state index contributed by atoms with van der Waals surface area (Å²) in [4.78, 5) is 4.35. The fourth-order valence-electron chi connectivity index (χ4n) is 2.48. The highest BCUT2D eigenvalue weighted by atomic mass is 35.5. The number of hydrogen-bond donors (Lipinski definition) is 1. The van der Waals surface area contributed by atoms with Gasteiger partial charge in [0.15, 0.2) is 0 Å². The zero-order valence-corrected chi connectivity index (χ0v) is 11.9. The van der Waals surface area contributed by atoms with Crippen LogP contribution >= 0.6 is 12.4 Å². The number of nitrogens with one attached hydrogen (secondary N) is 1. The van der Waals surface area contributed by atoms with Crippen molar-refractivity contribution in [2.24, 2.45) is 0 Å². The molecule has 1 N–H and O–H groups in total. The van der Waals surface area contributed by atoms with Gasteiger partial charge in [-0.2, -0.15) is 13.2 Å². The lowest BCUT2D eigenvalue weighted by Crippen LogP contribution is -2.24. The molecule has 0 amide bonds. The largest absolute Gasteiger partial charge is 0.416 e. The normalized spacial score (nSPS) is 14.2. The van der Waals surface area contributed by atoms with Crippen LogP contribution in [0.4, 0.5) is 13.2 Å². The summed E-state index contributed by atoms with van der Waals surface area (Å²) in [6.07, 6.45) is -1.75. The van der Waals surface area contributed by atoms with Gasteiger partial charge in [0.1, 0.15) is 0 Å². The molecule has 0 bridgehead atoms. The molecular weight excluding hydrogens is 301 g/mol. The van der Waals surface area contributed by atoms with Crippen molar-refractivity contribution in [3.63, 3.8) is 0 Å². The molecule has 2 heterocycles. The summed E-state index contributed by atoms with van der Waals surface area (Å²) >= 11 is 0. The SMILES string of the molecule is Cl.FC(F)(F)c1ccc(-c2nccc3c2CCNC3)cc1. The van der Waals surface area contributed by atoms with Gasteiger partial charge in [-0.1, -0.05) is 12.1 Å². The Morgan fingerprint density at radius 3 is 2.43 bits per heavy atom. The van der Waals surface area contributed by atoms with Crippen LogP contribution in [-0.2, 0) is 19.1 Å². The van der Waals surface area contributed by atoms with E-state index >= 15 is 0 Å². The Morgan fingerprint density at radius 1 is 1.05 bits per heavy atom. The number of hydrogen-bond acceptors (Lipinski definition) is 2. The molecule has 21 heavy (non-hydrogen) atoms. The van der Waals surface area contributed by atoms with E-state index in [1.165, 1.54) is 17.7 Å². The lowest BCUT2D eigenvalue weighted by Gasteiger charge is -2.19. The average Bonchev–Trinajstić information content (AvgIpc) is 2.46. The molecule has 0 unspecified atom stereocenters. The van der Waals surface area contributed by atoms with E-state index in [0.29, 0.717) is 0 Å². The van der Waals surface area contributed by atoms with Gasteiger partial charge in [-0.25, -0.2) is 0 Å². The number of rotatable bonds is 1. The van der Waals surface area contributed by atoms with Gasteiger partial charge < -0.3 is 5.32 Å². The molecule has 1 aromatic heterocycles. The standard InChI is InChI=1S/C15H13F3N2.ClH/c16-15(17,18)12-3-1-10(2-4-12)14-13-6-7-19-9-11(13)5-8-20-14;/h1-5,8,19H,6-7,9H2;1H. The Morgan fingerprint density at radius 2 is 1.76 bits per heavy atom. The summed E-state index contributed by atoms with van der Waals surface area (Å²) in [5.41, 5.74) is 3.19. The zero-order chi connectivity index (χ0) is 14.2. The predicted molar refractivity (Wildman–Crippen MR) is 77.3 cm³/mol. The number of aromatic nitrogens is 1. The fraction of sp³-hybridized carbons (Fsp3) is 0.267. The van der Waals surface area contributed by atoms with Crippen molar-refractivity contribution in [2.75, 3.05) is 6.54 Å². The van der Waals surface area contributed by atoms with Gasteiger partial charge in [0, 0.05) is 18.3 Å². The zero-order valence-electron chi connectivity index (χ0n) is 11.1. The van der Waals surface area contributed by atoms with E-state index in [2.05, 4.69) is 10.3 Å². The third-order valence-corrected chi connectivity index (χ3v) is 3.51. The monoisotopic (exact) mass is 314 g/mol. The summed E-state index contributed by atoms with van der Waals surface area (Å²) in [6.45, 7) is 1.65. The van der Waals surface area contributed by atoms with E-state index in [4.69, 9.17) is 0 Å². The highest BCUT2D eigenvalue weighted by molar-refractivity contribution is 5.85. The number of benzene rings is 1. The molecule has 0 atom stereocenters. The van der Waals surface area contributed by atoms with Crippen LogP contribution in [0.25, 0.3) is 11.3 Å². The molecule has 0 radical (unpaired) electrons. The lowest BCUT2D eigenvalue weighted by molar-refractivity contribution is -0.137. The van der Waals surface area contributed by atoms with Crippen molar-refractivity contribution in [1.29, 1.82) is 0 Å². The van der Waals surface area contributed by atoms with Crippen molar-refractivity contribution in [1.82, 2.24) is 10.3 Å². The molecule has 6 heteroatoms. The van der Waals surface area contributed by atoms with E-state index < -0.39 is 11.7 Å². The first-order valence-corrected chi connectivity index (χ1v) is 6.41. The summed E-state index contributed by atoms with van der Waals surface area (Å²) in [6, 6.07) is 7.16. The number of alkyl halides is 3. The number of fused-ring (bicyclic) bond motifs is 1. The summed E-state index contributed by atoms with van der Waals surface area (Å²) in [5, 5.41) is 3.27. The van der Waals surface area contributed by atoms with Crippen molar-refractivity contribution in [2.45, 2.75) is 19.1 Å². The van der Waals surface area contributed by atoms with Crippen LogP contribution in [0, 0.1) is 0 Å². The molecule has 1 aliphatic rings. The van der Waals surface area contributed by atoms with Gasteiger partial charge in [0.2, 0.25) is 0 Å². The quantitative estimate of drug-likeness (QED) is 0.865. The topological polar surface area (TPSA) is 24.9 Å². The second-order valence-electron chi connectivity index (χ2n) is 4.80. The van der Waals surface area contributed by atoms with E-state index in [9.17, 15) is 13.2 Å². The highest BCUT2D eigenvalue weighted by Crippen LogP contribution is 2.32. The van der Waals surface area contributed by atoms with Crippen LogP contribution in [0.1, 0.15) is 16.7 Å². The minimum absolute atomic E-state index is 0. The number of pyridine rings is 1. The van der Waals surface area contributed by atoms with E-state index in [1.807, 2.05) is 6.07 Å². The molecule has 3 rings (SSSR count). The Balaban J connectivity index is 0.00000161. The molecule has 0 fully saturated rings. The molecule has 0 aliphatic carbocycles. The average molecular weight is 315 g/mol. The maximum atomic E-state index is 12.6. The Labute approximate surface area is 126 Å². The first-order valence-electron chi connectivity index (χ1n) is 6.41. The maximum Gasteiger partial charge on any atom is 0.416 e. The minimum Gasteiger partial charge on any atom is -0.312 e. The molecule has 0 spiro atoms. The van der Waals surface area contributed by atoms with Crippen molar-refractivity contribution >= 4 is 12.4 Å². The Kier molecular flexibility index (Phi) is 4.54. The third kappa shape index (κ3) is 3.19. The highest BCUT2D eigenvalue weighted by Gasteiger charge is 2.30. The number of halogens is 4. The van der Waals surface area contributed by atoms with Crippen molar-refractivity contribution in [3.05, 3.63) is 53.2 Å². The molecule has 1 aromatic carbocycles. The van der Waals surface area contributed by atoms with Crippen LogP contribution in [0.2, 0.25) is 0 Å². The maximum absolute atomic E-state index is 12.6. The van der Waals surface area contributed by atoms with Gasteiger partial charge >= 0.3 is 6.18 Å². The van der Waals surface area contributed by atoms with Crippen LogP contribution < -0.4 is 5.32 Å². The van der Waals surface area contributed by atoms with Crippen molar-refractivity contribution < 1.29 is 13.2 Å². The van der Waals surface area contributed by atoms with Crippen LogP contribution in [0.3, 0.4) is 0 Å². The second-order valence-corrected chi connectivity index (χ2v) is 4.80. The molecule has 2 nitrogen and oxygen atoms in total. The first-order chi connectivity index (χ1) is 9.55. The molecule has 0 saturated heterocycles. The predicted octanol–water partition coefficient (Wildman–Crippen LogP) is 3.83. The molecule has 112 valence electrons. The van der Waals surface area contributed by atoms with Gasteiger partial charge in [0.25, 0.3) is 0 Å². The first kappa shape index (κ1) is 15.8. The summed E-state index contributed by atoms with van der Waals surface area (Å²) < 4.78 is 37.7. The Bertz CT molecular complexity index is 624. The summed E-state index contributed by atoms with van der Waals surface area (Å²) in [7, 11) is 0. The van der Waals surface area contributed by atoms with Gasteiger partial charge in [-0.15, -0.1) is 12.4 Å². The molecule has 2 aromatic rings. The number of nitrogens with zero attached hydrogens (tertiary/aromatic N) is 1. The van der Waals surface area contributed by atoms with Gasteiger partial charge in [-0.3, -0.25) is 4.98 Å². The molecule has 0 saturated carbocycles. The van der Waals surface area contributed by atoms with E-state index in [1.54, 1.807) is 6.20 Å². The summed E-state index contributed by atoms with van der Waals surface area (Å²) in [5.74, 6) is 0.